The van der Waals surface area contributed by atoms with Crippen molar-refractivity contribution in [2.45, 2.75) is 12.1 Å². The van der Waals surface area contributed by atoms with Gasteiger partial charge in [-0.1, -0.05) is 65.8 Å². The number of thioether (sulfide) groups is 1. The zero-order chi connectivity index (χ0) is 22.3. The fraction of sp³-hybridized carbons (Fsp3) is 0.0833. The van der Waals surface area contributed by atoms with Gasteiger partial charge in [0, 0.05) is 16.3 Å². The van der Waals surface area contributed by atoms with E-state index in [0.717, 1.165) is 22.4 Å². The summed E-state index contributed by atoms with van der Waals surface area (Å²) < 4.78 is 1.93. The lowest BCUT2D eigenvalue weighted by Gasteiger charge is -2.10. The summed E-state index contributed by atoms with van der Waals surface area (Å²) in [4.78, 5) is 12.3. The van der Waals surface area contributed by atoms with E-state index in [2.05, 4.69) is 20.7 Å². The fourth-order valence-corrected chi connectivity index (χ4v) is 3.90. The Balaban J connectivity index is 1.50. The van der Waals surface area contributed by atoms with Gasteiger partial charge in [0.2, 0.25) is 0 Å². The number of benzene rings is 3. The maximum atomic E-state index is 12.3. The predicted molar refractivity (Wildman–Crippen MR) is 129 cm³/mol. The van der Waals surface area contributed by atoms with Gasteiger partial charge in [0.15, 0.2) is 11.0 Å². The SMILES string of the molecule is Cc1ccccc1/C=N/NC(=O)CSc1nnc(-c2ccc(Cl)cc2)n1-c1ccccc1. The van der Waals surface area contributed by atoms with Crippen LogP contribution in [0.1, 0.15) is 11.1 Å². The Kier molecular flexibility index (Phi) is 6.99. The number of aromatic nitrogens is 3. The Morgan fingerprint density at radius 2 is 1.75 bits per heavy atom. The third-order valence-electron chi connectivity index (χ3n) is 4.66. The molecule has 160 valence electrons. The molecular weight excluding hydrogens is 442 g/mol. The van der Waals surface area contributed by atoms with Gasteiger partial charge in [-0.15, -0.1) is 10.2 Å². The minimum atomic E-state index is -0.226. The average Bonchev–Trinajstić information content (AvgIpc) is 3.24. The molecule has 0 radical (unpaired) electrons. The van der Waals surface area contributed by atoms with Crippen LogP contribution >= 0.6 is 23.4 Å². The minimum absolute atomic E-state index is 0.150. The zero-order valence-corrected chi connectivity index (χ0v) is 18.8. The number of para-hydroxylation sites is 1. The van der Waals surface area contributed by atoms with Gasteiger partial charge in [0.1, 0.15) is 0 Å². The lowest BCUT2D eigenvalue weighted by Crippen LogP contribution is -2.20. The Labute approximate surface area is 195 Å². The largest absolute Gasteiger partial charge is 0.272 e. The summed E-state index contributed by atoms with van der Waals surface area (Å²) in [7, 11) is 0. The van der Waals surface area contributed by atoms with Gasteiger partial charge in [-0.2, -0.15) is 5.10 Å². The first kappa shape index (κ1) is 21.8. The number of carbonyl (C=O) groups excluding carboxylic acids is 1. The zero-order valence-electron chi connectivity index (χ0n) is 17.3. The number of hydrogen-bond acceptors (Lipinski definition) is 5. The molecule has 0 fully saturated rings. The van der Waals surface area contributed by atoms with Crippen molar-refractivity contribution in [1.82, 2.24) is 20.2 Å². The minimum Gasteiger partial charge on any atom is -0.272 e. The van der Waals surface area contributed by atoms with E-state index >= 15 is 0 Å². The molecule has 0 saturated heterocycles. The van der Waals surface area contributed by atoms with Gasteiger partial charge in [0.05, 0.1) is 12.0 Å². The van der Waals surface area contributed by atoms with E-state index < -0.39 is 0 Å². The number of rotatable bonds is 7. The first-order valence-electron chi connectivity index (χ1n) is 9.89. The highest BCUT2D eigenvalue weighted by Crippen LogP contribution is 2.28. The highest BCUT2D eigenvalue weighted by Gasteiger charge is 2.17. The van der Waals surface area contributed by atoms with Crippen LogP contribution in [-0.4, -0.2) is 32.6 Å². The molecule has 0 saturated carbocycles. The predicted octanol–water partition coefficient (Wildman–Crippen LogP) is 5.14. The van der Waals surface area contributed by atoms with Crippen molar-refractivity contribution in [3.63, 3.8) is 0 Å². The van der Waals surface area contributed by atoms with E-state index in [0.29, 0.717) is 16.0 Å². The molecule has 1 aromatic heterocycles. The number of amides is 1. The van der Waals surface area contributed by atoms with Gasteiger partial charge in [0.25, 0.3) is 5.91 Å². The smallest absolute Gasteiger partial charge is 0.250 e. The third-order valence-corrected chi connectivity index (χ3v) is 5.84. The normalized spacial score (nSPS) is 11.1. The van der Waals surface area contributed by atoms with Crippen LogP contribution in [0.2, 0.25) is 5.02 Å². The van der Waals surface area contributed by atoms with Crippen LogP contribution in [0.25, 0.3) is 17.1 Å². The van der Waals surface area contributed by atoms with Crippen molar-refractivity contribution in [3.8, 4) is 17.1 Å². The molecule has 0 spiro atoms. The third kappa shape index (κ3) is 5.25. The number of halogens is 1. The summed E-state index contributed by atoms with van der Waals surface area (Å²) in [5.74, 6) is 0.597. The lowest BCUT2D eigenvalue weighted by molar-refractivity contribution is -0.118. The summed E-state index contributed by atoms with van der Waals surface area (Å²) >= 11 is 7.33. The van der Waals surface area contributed by atoms with Crippen LogP contribution in [-0.2, 0) is 4.79 Å². The molecule has 32 heavy (non-hydrogen) atoms. The second-order valence-electron chi connectivity index (χ2n) is 6.92. The molecule has 1 N–H and O–H groups in total. The maximum absolute atomic E-state index is 12.3. The molecule has 4 rings (SSSR count). The van der Waals surface area contributed by atoms with E-state index in [1.807, 2.05) is 90.4 Å². The average molecular weight is 462 g/mol. The Bertz CT molecular complexity index is 1240. The quantitative estimate of drug-likeness (QED) is 0.235. The maximum Gasteiger partial charge on any atom is 0.250 e. The molecule has 0 bridgehead atoms. The van der Waals surface area contributed by atoms with Crippen molar-refractivity contribution < 1.29 is 4.79 Å². The van der Waals surface area contributed by atoms with E-state index in [-0.39, 0.29) is 11.7 Å². The van der Waals surface area contributed by atoms with E-state index in [4.69, 9.17) is 11.6 Å². The van der Waals surface area contributed by atoms with Gasteiger partial charge in [-0.25, -0.2) is 5.43 Å². The molecule has 8 heteroatoms. The number of nitrogens with zero attached hydrogens (tertiary/aromatic N) is 4. The summed E-state index contributed by atoms with van der Waals surface area (Å²) in [6, 6.07) is 25.0. The van der Waals surface area contributed by atoms with Gasteiger partial charge < -0.3 is 0 Å². The summed E-state index contributed by atoms with van der Waals surface area (Å²) in [5, 5.41) is 14.0. The van der Waals surface area contributed by atoms with Gasteiger partial charge in [-0.05, 0) is 54.4 Å². The summed E-state index contributed by atoms with van der Waals surface area (Å²) in [6.45, 7) is 1.99. The number of carbonyl (C=O) groups is 1. The van der Waals surface area contributed by atoms with Crippen molar-refractivity contribution in [3.05, 3.63) is 95.0 Å². The molecule has 0 aliphatic rings. The van der Waals surface area contributed by atoms with E-state index in [1.165, 1.54) is 11.8 Å². The second kappa shape index (κ2) is 10.3. The van der Waals surface area contributed by atoms with E-state index in [1.54, 1.807) is 6.21 Å². The number of hydrazone groups is 1. The van der Waals surface area contributed by atoms with Crippen molar-refractivity contribution in [2.75, 3.05) is 5.75 Å². The topological polar surface area (TPSA) is 72.2 Å². The van der Waals surface area contributed by atoms with Gasteiger partial charge >= 0.3 is 0 Å². The van der Waals surface area contributed by atoms with Crippen LogP contribution in [0.5, 0.6) is 0 Å². The van der Waals surface area contributed by atoms with Crippen LogP contribution < -0.4 is 5.43 Å². The Morgan fingerprint density at radius 1 is 1.03 bits per heavy atom. The number of aryl methyl sites for hydroxylation is 1. The molecule has 0 aliphatic carbocycles. The first-order chi connectivity index (χ1) is 15.6. The molecule has 0 atom stereocenters. The van der Waals surface area contributed by atoms with Crippen LogP contribution in [0.3, 0.4) is 0 Å². The molecule has 3 aromatic carbocycles. The monoisotopic (exact) mass is 461 g/mol. The molecule has 4 aromatic rings. The van der Waals surface area contributed by atoms with Crippen LogP contribution in [0, 0.1) is 6.92 Å². The van der Waals surface area contributed by atoms with Crippen LogP contribution in [0.4, 0.5) is 0 Å². The van der Waals surface area contributed by atoms with E-state index in [9.17, 15) is 4.79 Å². The van der Waals surface area contributed by atoms with Crippen molar-refractivity contribution >= 4 is 35.5 Å². The van der Waals surface area contributed by atoms with Gasteiger partial charge in [-0.3, -0.25) is 9.36 Å². The molecule has 0 aliphatic heterocycles. The highest BCUT2D eigenvalue weighted by molar-refractivity contribution is 7.99. The first-order valence-corrected chi connectivity index (χ1v) is 11.3. The fourth-order valence-electron chi connectivity index (χ4n) is 3.03. The van der Waals surface area contributed by atoms with Crippen molar-refractivity contribution in [2.24, 2.45) is 5.10 Å². The molecule has 1 heterocycles. The number of nitrogens with one attached hydrogen (secondary N) is 1. The Morgan fingerprint density at radius 3 is 2.50 bits per heavy atom. The van der Waals surface area contributed by atoms with Crippen LogP contribution in [0.15, 0.2) is 89.1 Å². The highest BCUT2D eigenvalue weighted by atomic mass is 35.5. The Hall–Kier alpha value is -3.42. The molecule has 6 nitrogen and oxygen atoms in total. The summed E-state index contributed by atoms with van der Waals surface area (Å²) in [6.07, 6.45) is 1.64. The standard InChI is InChI=1S/C24H20ClN5OS/c1-17-7-5-6-8-19(17)15-26-27-22(31)16-32-24-29-28-23(18-11-13-20(25)14-12-18)30(24)21-9-3-2-4-10-21/h2-15H,16H2,1H3,(H,27,31)/b26-15+. The van der Waals surface area contributed by atoms with Crippen molar-refractivity contribution in [1.29, 1.82) is 0 Å². The molecule has 0 unspecified atom stereocenters. The summed E-state index contributed by atoms with van der Waals surface area (Å²) in [5.41, 5.74) is 6.40. The second-order valence-corrected chi connectivity index (χ2v) is 8.30. The lowest BCUT2D eigenvalue weighted by atomic mass is 10.1. The molecule has 1 amide bonds. The molecular formula is C24H20ClN5OS. The number of hydrogen-bond donors (Lipinski definition) is 1.